The molecule has 0 unspecified atom stereocenters. The second-order valence-corrected chi connectivity index (χ2v) is 3.32. The van der Waals surface area contributed by atoms with Crippen LogP contribution >= 0.6 is 0 Å². The minimum absolute atomic E-state index is 0.0449. The molecule has 0 spiro atoms. The summed E-state index contributed by atoms with van der Waals surface area (Å²) in [6.07, 6.45) is 0. The molecule has 0 saturated heterocycles. The molecular formula is C11H8FN5O2. The molecule has 1 heterocycles. The highest BCUT2D eigenvalue weighted by Gasteiger charge is 2.10. The fourth-order valence-electron chi connectivity index (χ4n) is 1.24. The lowest BCUT2D eigenvalue weighted by Gasteiger charge is -2.06. The molecule has 1 aromatic heterocycles. The van der Waals surface area contributed by atoms with Gasteiger partial charge in [0.05, 0.1) is 18.7 Å². The van der Waals surface area contributed by atoms with Gasteiger partial charge in [-0.25, -0.2) is 4.39 Å². The first kappa shape index (κ1) is 12.5. The zero-order valence-electron chi connectivity index (χ0n) is 9.79. The summed E-state index contributed by atoms with van der Waals surface area (Å²) in [6.45, 7) is 0. The maximum Gasteiger partial charge on any atom is 0.330 e. The van der Waals surface area contributed by atoms with E-state index in [0.717, 1.165) is 6.07 Å². The number of ether oxygens (including phenoxy) is 2. The fraction of sp³-hybridized carbons (Fsp3) is 0.0909. The highest BCUT2D eigenvalue weighted by atomic mass is 19.1. The van der Waals surface area contributed by atoms with Crippen LogP contribution in [0.2, 0.25) is 0 Å². The molecule has 8 heteroatoms. The molecule has 19 heavy (non-hydrogen) atoms. The van der Waals surface area contributed by atoms with Crippen molar-refractivity contribution in [2.24, 2.45) is 0 Å². The summed E-state index contributed by atoms with van der Waals surface area (Å²) in [4.78, 5) is 11.1. The maximum atomic E-state index is 13.6. The van der Waals surface area contributed by atoms with Crippen molar-refractivity contribution in [3.8, 4) is 23.8 Å². The third-order valence-corrected chi connectivity index (χ3v) is 2.06. The van der Waals surface area contributed by atoms with Crippen molar-refractivity contribution in [1.82, 2.24) is 15.0 Å². The molecule has 2 rings (SSSR count). The van der Waals surface area contributed by atoms with Gasteiger partial charge >= 0.3 is 12.0 Å². The Morgan fingerprint density at radius 1 is 1.26 bits per heavy atom. The molecule has 96 valence electrons. The van der Waals surface area contributed by atoms with Crippen LogP contribution in [0.3, 0.4) is 0 Å². The van der Waals surface area contributed by atoms with E-state index in [1.165, 1.54) is 19.2 Å². The summed E-state index contributed by atoms with van der Waals surface area (Å²) in [6, 6.07) is 5.30. The molecule has 0 bridgehead atoms. The Morgan fingerprint density at radius 2 is 2.00 bits per heavy atom. The quantitative estimate of drug-likeness (QED) is 0.886. The van der Waals surface area contributed by atoms with Crippen LogP contribution in [0.1, 0.15) is 5.56 Å². The molecule has 0 fully saturated rings. The van der Waals surface area contributed by atoms with Gasteiger partial charge in [0.25, 0.3) is 0 Å². The Balaban J connectivity index is 2.31. The third kappa shape index (κ3) is 2.84. The number of nitrogen functional groups attached to an aromatic ring is 1. The zero-order valence-corrected chi connectivity index (χ0v) is 9.79. The number of halogens is 1. The number of methoxy groups -OCH3 is 1. The molecule has 0 radical (unpaired) electrons. The van der Waals surface area contributed by atoms with Crippen LogP contribution in [-0.2, 0) is 0 Å². The number of benzene rings is 1. The van der Waals surface area contributed by atoms with Gasteiger partial charge < -0.3 is 15.2 Å². The molecule has 0 aliphatic carbocycles. The van der Waals surface area contributed by atoms with Crippen LogP contribution in [0.4, 0.5) is 10.3 Å². The Morgan fingerprint density at radius 3 is 2.63 bits per heavy atom. The van der Waals surface area contributed by atoms with Crippen molar-refractivity contribution < 1.29 is 13.9 Å². The van der Waals surface area contributed by atoms with Gasteiger partial charge in [-0.3, -0.25) is 0 Å². The lowest BCUT2D eigenvalue weighted by Crippen LogP contribution is -2.03. The van der Waals surface area contributed by atoms with Gasteiger partial charge in [-0.15, -0.1) is 4.98 Å². The Hall–Kier alpha value is -2.95. The Bertz CT molecular complexity index is 656. The largest absolute Gasteiger partial charge is 0.467 e. The Kier molecular flexibility index (Phi) is 3.38. The highest BCUT2D eigenvalue weighted by molar-refractivity contribution is 5.37. The van der Waals surface area contributed by atoms with Crippen LogP contribution in [-0.4, -0.2) is 22.1 Å². The standard InChI is InChI=1S/C11H8FN5O2/c1-18-10-15-9(14)16-11(17-10)19-8-3-2-6(5-13)4-7(8)12/h2-4H,1H3,(H2,14,15,16,17). The van der Waals surface area contributed by atoms with Crippen molar-refractivity contribution in [1.29, 1.82) is 5.26 Å². The number of nitriles is 1. The van der Waals surface area contributed by atoms with Crippen molar-refractivity contribution >= 4 is 5.95 Å². The molecule has 0 aliphatic heterocycles. The fourth-order valence-corrected chi connectivity index (χ4v) is 1.24. The summed E-state index contributed by atoms with van der Waals surface area (Å²) < 4.78 is 23.5. The molecule has 2 aromatic rings. The minimum atomic E-state index is -0.711. The predicted molar refractivity (Wildman–Crippen MR) is 62.0 cm³/mol. The van der Waals surface area contributed by atoms with E-state index < -0.39 is 5.82 Å². The number of rotatable bonds is 3. The first-order chi connectivity index (χ1) is 9.12. The molecule has 7 nitrogen and oxygen atoms in total. The predicted octanol–water partition coefficient (Wildman–Crippen LogP) is 1.27. The first-order valence-corrected chi connectivity index (χ1v) is 5.05. The second kappa shape index (κ2) is 5.14. The maximum absolute atomic E-state index is 13.6. The average molecular weight is 261 g/mol. The van der Waals surface area contributed by atoms with Crippen molar-refractivity contribution in [2.75, 3.05) is 12.8 Å². The van der Waals surface area contributed by atoms with Gasteiger partial charge in [0.2, 0.25) is 5.95 Å². The van der Waals surface area contributed by atoms with E-state index in [9.17, 15) is 4.39 Å². The molecule has 0 atom stereocenters. The lowest BCUT2D eigenvalue weighted by molar-refractivity contribution is 0.355. The number of nitrogens with zero attached hydrogens (tertiary/aromatic N) is 4. The van der Waals surface area contributed by atoms with Crippen LogP contribution < -0.4 is 15.2 Å². The van der Waals surface area contributed by atoms with Crippen molar-refractivity contribution in [2.45, 2.75) is 0 Å². The minimum Gasteiger partial charge on any atom is -0.467 e. The summed E-state index contributed by atoms with van der Waals surface area (Å²) in [7, 11) is 1.35. The van der Waals surface area contributed by atoms with E-state index in [1.54, 1.807) is 0 Å². The molecule has 2 N–H and O–H groups in total. The van der Waals surface area contributed by atoms with Crippen LogP contribution in [0, 0.1) is 17.1 Å². The van der Waals surface area contributed by atoms with E-state index in [2.05, 4.69) is 15.0 Å². The third-order valence-electron chi connectivity index (χ3n) is 2.06. The van der Waals surface area contributed by atoms with Crippen molar-refractivity contribution in [3.05, 3.63) is 29.6 Å². The number of hydrogen-bond donors (Lipinski definition) is 1. The summed E-state index contributed by atoms with van der Waals surface area (Å²) in [5.41, 5.74) is 5.59. The second-order valence-electron chi connectivity index (χ2n) is 3.32. The number of anilines is 1. The van der Waals surface area contributed by atoms with E-state index in [-0.39, 0.29) is 29.3 Å². The molecule has 0 aliphatic rings. The molecule has 0 saturated carbocycles. The zero-order chi connectivity index (χ0) is 13.8. The molecular weight excluding hydrogens is 253 g/mol. The summed E-state index contributed by atoms with van der Waals surface area (Å²) in [5, 5.41) is 8.62. The van der Waals surface area contributed by atoms with E-state index in [1.807, 2.05) is 6.07 Å². The smallest absolute Gasteiger partial charge is 0.330 e. The van der Waals surface area contributed by atoms with Gasteiger partial charge in [-0.1, -0.05) is 0 Å². The SMILES string of the molecule is COc1nc(N)nc(Oc2ccc(C#N)cc2F)n1. The average Bonchev–Trinajstić information content (AvgIpc) is 2.40. The summed E-state index contributed by atoms with van der Waals surface area (Å²) >= 11 is 0. The van der Waals surface area contributed by atoms with Gasteiger partial charge in [0, 0.05) is 0 Å². The lowest BCUT2D eigenvalue weighted by atomic mass is 10.2. The van der Waals surface area contributed by atoms with E-state index in [4.69, 9.17) is 20.5 Å². The van der Waals surface area contributed by atoms with Crippen molar-refractivity contribution in [3.63, 3.8) is 0 Å². The van der Waals surface area contributed by atoms with Crippen LogP contribution in [0.15, 0.2) is 18.2 Å². The normalized spacial score (nSPS) is 9.74. The van der Waals surface area contributed by atoms with Gasteiger partial charge in [0.1, 0.15) is 0 Å². The van der Waals surface area contributed by atoms with Crippen LogP contribution in [0.5, 0.6) is 17.8 Å². The van der Waals surface area contributed by atoms with Gasteiger partial charge in [-0.2, -0.15) is 15.2 Å². The van der Waals surface area contributed by atoms with Crippen LogP contribution in [0.25, 0.3) is 0 Å². The molecule has 1 aromatic carbocycles. The van der Waals surface area contributed by atoms with Gasteiger partial charge in [-0.05, 0) is 18.2 Å². The summed E-state index contributed by atoms with van der Waals surface area (Å²) in [5.74, 6) is -0.959. The van der Waals surface area contributed by atoms with Gasteiger partial charge in [0.15, 0.2) is 11.6 Å². The van der Waals surface area contributed by atoms with E-state index >= 15 is 0 Å². The Labute approximate surface area is 107 Å². The molecule has 0 amide bonds. The monoisotopic (exact) mass is 261 g/mol. The number of nitrogens with two attached hydrogens (primary N) is 1. The number of hydrogen-bond acceptors (Lipinski definition) is 7. The first-order valence-electron chi connectivity index (χ1n) is 5.05. The van der Waals surface area contributed by atoms with E-state index in [0.29, 0.717) is 0 Å². The number of aromatic nitrogens is 3. The topological polar surface area (TPSA) is 107 Å². The highest BCUT2D eigenvalue weighted by Crippen LogP contribution is 2.23.